The van der Waals surface area contributed by atoms with E-state index in [0.717, 1.165) is 42.3 Å². The Morgan fingerprint density at radius 3 is 2.44 bits per heavy atom. The molecule has 36 heavy (non-hydrogen) atoms. The number of anilines is 3. The molecule has 2 aromatic heterocycles. The summed E-state index contributed by atoms with van der Waals surface area (Å²) >= 11 is 0. The fraction of sp³-hybridized carbons (Fsp3) is 0.222. The van der Waals surface area contributed by atoms with E-state index in [1.54, 1.807) is 6.20 Å². The summed E-state index contributed by atoms with van der Waals surface area (Å²) in [5.74, 6) is 0.148. The molecule has 5 N–H and O–H groups in total. The average Bonchev–Trinajstić information content (AvgIpc) is 2.90. The van der Waals surface area contributed by atoms with Crippen LogP contribution in [0.5, 0.6) is 0 Å². The van der Waals surface area contributed by atoms with Gasteiger partial charge in [0, 0.05) is 34.9 Å². The van der Waals surface area contributed by atoms with Gasteiger partial charge in [-0.25, -0.2) is 9.97 Å². The predicted octanol–water partition coefficient (Wildman–Crippen LogP) is 4.02. The average molecular weight is 482 g/mol. The van der Waals surface area contributed by atoms with Gasteiger partial charge in [-0.2, -0.15) is 0 Å². The number of hydrogen-bond acceptors (Lipinski definition) is 7. The summed E-state index contributed by atoms with van der Waals surface area (Å²) in [5.41, 5.74) is 7.90. The van der Waals surface area contributed by atoms with Gasteiger partial charge in [0.25, 0.3) is 11.8 Å². The number of carbonyl (C=O) groups excluding carboxylic acids is 2. The molecule has 9 nitrogen and oxygen atoms in total. The van der Waals surface area contributed by atoms with E-state index in [2.05, 4.69) is 30.9 Å². The summed E-state index contributed by atoms with van der Waals surface area (Å²) in [4.78, 5) is 37.6. The van der Waals surface area contributed by atoms with Gasteiger partial charge in [0.2, 0.25) is 0 Å². The number of nitrogens with one attached hydrogen (secondary N) is 3. The zero-order valence-corrected chi connectivity index (χ0v) is 19.6. The van der Waals surface area contributed by atoms with Gasteiger partial charge in [0.05, 0.1) is 11.7 Å². The van der Waals surface area contributed by atoms with Crippen molar-refractivity contribution in [2.75, 3.05) is 10.6 Å². The van der Waals surface area contributed by atoms with Crippen LogP contribution < -0.4 is 21.7 Å². The molecule has 0 aliphatic heterocycles. The third kappa shape index (κ3) is 5.41. The van der Waals surface area contributed by atoms with E-state index in [1.165, 1.54) is 6.20 Å². The summed E-state index contributed by atoms with van der Waals surface area (Å²) in [6, 6.07) is 19.1. The number of benzene rings is 2. The third-order valence-electron chi connectivity index (χ3n) is 6.32. The fourth-order valence-corrected chi connectivity index (χ4v) is 4.47. The lowest BCUT2D eigenvalue weighted by molar-refractivity contribution is 0.0925. The molecule has 182 valence electrons. The number of carbonyl (C=O) groups is 2. The second kappa shape index (κ2) is 10.4. The molecular formula is C27H27N7O2. The van der Waals surface area contributed by atoms with Gasteiger partial charge in [0.15, 0.2) is 11.5 Å². The van der Waals surface area contributed by atoms with Crippen LogP contribution in [0, 0.1) is 0 Å². The summed E-state index contributed by atoms with van der Waals surface area (Å²) in [6.45, 7) is 0. The van der Waals surface area contributed by atoms with Crippen LogP contribution in [-0.4, -0.2) is 38.8 Å². The summed E-state index contributed by atoms with van der Waals surface area (Å²) < 4.78 is 0. The van der Waals surface area contributed by atoms with Crippen molar-refractivity contribution >= 4 is 40.0 Å². The van der Waals surface area contributed by atoms with E-state index in [9.17, 15) is 9.59 Å². The van der Waals surface area contributed by atoms with Gasteiger partial charge >= 0.3 is 0 Å². The molecule has 0 unspecified atom stereocenters. The van der Waals surface area contributed by atoms with Crippen LogP contribution in [-0.2, 0) is 0 Å². The van der Waals surface area contributed by atoms with Gasteiger partial charge in [-0.3, -0.25) is 14.6 Å². The second-order valence-electron chi connectivity index (χ2n) is 8.88. The minimum atomic E-state index is -0.659. The Bertz CT molecular complexity index is 1390. The smallest absolute Gasteiger partial charge is 0.271 e. The molecular weight excluding hydrogens is 454 g/mol. The molecule has 0 saturated heterocycles. The maximum Gasteiger partial charge on any atom is 0.271 e. The Morgan fingerprint density at radius 1 is 0.889 bits per heavy atom. The van der Waals surface area contributed by atoms with Gasteiger partial charge in [-0.1, -0.05) is 24.3 Å². The van der Waals surface area contributed by atoms with Gasteiger partial charge in [-0.15, -0.1) is 0 Å². The van der Waals surface area contributed by atoms with E-state index >= 15 is 0 Å². The molecule has 2 aromatic carbocycles. The maximum atomic E-state index is 12.4. The van der Waals surface area contributed by atoms with Crippen LogP contribution >= 0.6 is 0 Å². The Labute approximate surface area is 208 Å². The SMILES string of the molecule is NC(=O)c1ncc(NC2CCC(NC(=O)c3ccccc3)CC2)nc1Nc1ccc2ncccc2c1. The van der Waals surface area contributed by atoms with Crippen molar-refractivity contribution in [3.63, 3.8) is 0 Å². The lowest BCUT2D eigenvalue weighted by Crippen LogP contribution is -2.40. The van der Waals surface area contributed by atoms with Crippen molar-refractivity contribution in [2.45, 2.75) is 37.8 Å². The Kier molecular flexibility index (Phi) is 6.70. The number of primary amides is 1. The molecule has 4 aromatic rings. The monoisotopic (exact) mass is 481 g/mol. The van der Waals surface area contributed by atoms with Crippen molar-refractivity contribution in [2.24, 2.45) is 5.73 Å². The number of pyridine rings is 1. The number of rotatable bonds is 7. The lowest BCUT2D eigenvalue weighted by Gasteiger charge is -2.30. The topological polar surface area (TPSA) is 135 Å². The van der Waals surface area contributed by atoms with Crippen molar-refractivity contribution in [3.05, 3.63) is 84.3 Å². The molecule has 0 atom stereocenters. The highest BCUT2D eigenvalue weighted by Gasteiger charge is 2.23. The van der Waals surface area contributed by atoms with E-state index in [-0.39, 0.29) is 23.7 Å². The number of fused-ring (bicyclic) bond motifs is 1. The predicted molar refractivity (Wildman–Crippen MR) is 139 cm³/mol. The quantitative estimate of drug-likeness (QED) is 0.313. The summed E-state index contributed by atoms with van der Waals surface area (Å²) in [6.07, 6.45) is 6.74. The van der Waals surface area contributed by atoms with Crippen LogP contribution in [0.2, 0.25) is 0 Å². The number of nitrogens with two attached hydrogens (primary N) is 1. The molecule has 0 radical (unpaired) electrons. The molecule has 2 amide bonds. The molecule has 1 fully saturated rings. The van der Waals surface area contributed by atoms with Gasteiger partial charge in [0.1, 0.15) is 5.82 Å². The van der Waals surface area contributed by atoms with Crippen LogP contribution in [0.1, 0.15) is 46.5 Å². The van der Waals surface area contributed by atoms with Crippen molar-refractivity contribution in [1.82, 2.24) is 20.3 Å². The van der Waals surface area contributed by atoms with Crippen LogP contribution in [0.15, 0.2) is 73.1 Å². The zero-order chi connectivity index (χ0) is 24.9. The van der Waals surface area contributed by atoms with Crippen molar-refractivity contribution in [3.8, 4) is 0 Å². The molecule has 2 heterocycles. The first kappa shape index (κ1) is 23.2. The number of hydrogen-bond donors (Lipinski definition) is 4. The molecule has 1 aliphatic carbocycles. The Morgan fingerprint density at radius 2 is 1.67 bits per heavy atom. The normalized spacial score (nSPS) is 17.3. The number of amides is 2. The van der Waals surface area contributed by atoms with Gasteiger partial charge in [-0.05, 0) is 62.1 Å². The minimum absolute atomic E-state index is 0.0416. The molecule has 9 heteroatoms. The maximum absolute atomic E-state index is 12.4. The standard InChI is InChI=1S/C27H27N7O2/c28-25(35)24-26(32-21-12-13-22-18(15-21)7-4-14-29-22)34-23(16-30-24)31-19-8-10-20(11-9-19)33-27(36)17-5-2-1-3-6-17/h1-7,12-16,19-20H,8-11H2,(H2,28,35)(H,33,36)(H2,31,32,34). The highest BCUT2D eigenvalue weighted by molar-refractivity contribution is 5.97. The molecule has 5 rings (SSSR count). The Hall–Kier alpha value is -4.53. The van der Waals surface area contributed by atoms with Crippen molar-refractivity contribution in [1.29, 1.82) is 0 Å². The first-order valence-corrected chi connectivity index (χ1v) is 12.0. The lowest BCUT2D eigenvalue weighted by atomic mass is 9.91. The molecule has 0 spiro atoms. The zero-order valence-electron chi connectivity index (χ0n) is 19.6. The highest BCUT2D eigenvalue weighted by Crippen LogP contribution is 2.25. The van der Waals surface area contributed by atoms with E-state index in [0.29, 0.717) is 17.2 Å². The van der Waals surface area contributed by atoms with Crippen LogP contribution in [0.3, 0.4) is 0 Å². The highest BCUT2D eigenvalue weighted by atomic mass is 16.2. The first-order chi connectivity index (χ1) is 17.5. The van der Waals surface area contributed by atoms with E-state index in [4.69, 9.17) is 5.73 Å². The second-order valence-corrected chi connectivity index (χ2v) is 8.88. The van der Waals surface area contributed by atoms with E-state index in [1.807, 2.05) is 60.7 Å². The number of nitrogens with zero attached hydrogens (tertiary/aromatic N) is 3. The molecule has 0 bridgehead atoms. The van der Waals surface area contributed by atoms with Crippen LogP contribution in [0.25, 0.3) is 10.9 Å². The van der Waals surface area contributed by atoms with E-state index < -0.39 is 5.91 Å². The minimum Gasteiger partial charge on any atom is -0.366 e. The van der Waals surface area contributed by atoms with Crippen molar-refractivity contribution < 1.29 is 9.59 Å². The molecule has 1 saturated carbocycles. The Balaban J connectivity index is 1.23. The van der Waals surface area contributed by atoms with Gasteiger partial charge < -0.3 is 21.7 Å². The molecule has 1 aliphatic rings. The summed E-state index contributed by atoms with van der Waals surface area (Å²) in [5, 5.41) is 10.7. The fourth-order valence-electron chi connectivity index (χ4n) is 4.47. The first-order valence-electron chi connectivity index (χ1n) is 12.0. The number of aromatic nitrogens is 3. The third-order valence-corrected chi connectivity index (χ3v) is 6.32. The summed E-state index contributed by atoms with van der Waals surface area (Å²) in [7, 11) is 0. The van der Waals surface area contributed by atoms with Crippen LogP contribution in [0.4, 0.5) is 17.3 Å². The largest absolute Gasteiger partial charge is 0.366 e.